The van der Waals surface area contributed by atoms with Gasteiger partial charge in [-0.05, 0) is 0 Å². The molecule has 0 heterocycles. The van der Waals surface area contributed by atoms with Crippen molar-refractivity contribution >= 4 is 0 Å². The van der Waals surface area contributed by atoms with Gasteiger partial charge in [0.25, 0.3) is 0 Å². The van der Waals surface area contributed by atoms with E-state index in [2.05, 4.69) is 13.8 Å². The summed E-state index contributed by atoms with van der Waals surface area (Å²) in [6.07, 6.45) is 7.01. The van der Waals surface area contributed by atoms with Crippen molar-refractivity contribution in [1.29, 1.82) is 0 Å². The van der Waals surface area contributed by atoms with Gasteiger partial charge < -0.3 is 10.2 Å². The van der Waals surface area contributed by atoms with Crippen LogP contribution < -0.4 is 0 Å². The lowest BCUT2D eigenvalue weighted by Crippen LogP contribution is -1.70. The van der Waals surface area contributed by atoms with Crippen LogP contribution in [0.4, 0.5) is 0 Å². The standard InChI is InChI=1S/C7H16.2CH4O/c1-3-5-7-6-4-2;2*1-2/h3-7H2,1-2H3;2*2H,1H3. The Morgan fingerprint density at radius 2 is 0.909 bits per heavy atom. The van der Waals surface area contributed by atoms with Gasteiger partial charge in [0.15, 0.2) is 0 Å². The van der Waals surface area contributed by atoms with Crippen LogP contribution in [0.2, 0.25) is 0 Å². The first-order valence-electron chi connectivity index (χ1n) is 4.31. The van der Waals surface area contributed by atoms with E-state index in [1.54, 1.807) is 0 Å². The second-order valence-corrected chi connectivity index (χ2v) is 2.06. The summed E-state index contributed by atoms with van der Waals surface area (Å²) >= 11 is 0. The molecule has 0 aliphatic carbocycles. The number of rotatable bonds is 4. The number of aliphatic hydroxyl groups is 2. The van der Waals surface area contributed by atoms with E-state index >= 15 is 0 Å². The van der Waals surface area contributed by atoms with Crippen molar-refractivity contribution in [3.63, 3.8) is 0 Å². The fourth-order valence-corrected chi connectivity index (χ4v) is 0.677. The largest absolute Gasteiger partial charge is 0.400 e. The molecule has 0 aliphatic heterocycles. The monoisotopic (exact) mass is 164 g/mol. The van der Waals surface area contributed by atoms with Crippen LogP contribution in [0.3, 0.4) is 0 Å². The highest BCUT2D eigenvalue weighted by molar-refractivity contribution is 4.35. The molecule has 0 aromatic heterocycles. The van der Waals surface area contributed by atoms with Gasteiger partial charge in [0, 0.05) is 14.2 Å². The maximum atomic E-state index is 7.00. The van der Waals surface area contributed by atoms with Gasteiger partial charge >= 0.3 is 0 Å². The molecule has 0 rings (SSSR count). The molecule has 0 atom stereocenters. The Morgan fingerprint density at radius 1 is 0.636 bits per heavy atom. The van der Waals surface area contributed by atoms with Crippen LogP contribution in [0.5, 0.6) is 0 Å². The Kier molecular flexibility index (Phi) is 50.8. The molecule has 0 bridgehead atoms. The highest BCUT2D eigenvalue weighted by atomic mass is 16.2. The van der Waals surface area contributed by atoms with Crippen molar-refractivity contribution in [3.8, 4) is 0 Å². The normalized spacial score (nSPS) is 7.09. The van der Waals surface area contributed by atoms with Gasteiger partial charge in [-0.1, -0.05) is 46.0 Å². The molecule has 0 fully saturated rings. The molecule has 0 unspecified atom stereocenters. The highest BCUT2D eigenvalue weighted by Crippen LogP contribution is 2.00. The van der Waals surface area contributed by atoms with E-state index in [9.17, 15) is 0 Å². The van der Waals surface area contributed by atoms with Gasteiger partial charge in [-0.2, -0.15) is 0 Å². The molecular weight excluding hydrogens is 140 g/mol. The van der Waals surface area contributed by atoms with Crippen LogP contribution in [0.15, 0.2) is 0 Å². The van der Waals surface area contributed by atoms with Crippen LogP contribution >= 0.6 is 0 Å². The number of aliphatic hydroxyl groups excluding tert-OH is 2. The Labute approximate surface area is 71.3 Å². The SMILES string of the molecule is CCCCCCC.CO.CO. The van der Waals surface area contributed by atoms with Gasteiger partial charge in [-0.15, -0.1) is 0 Å². The topological polar surface area (TPSA) is 40.5 Å². The van der Waals surface area contributed by atoms with E-state index < -0.39 is 0 Å². The molecule has 0 aromatic carbocycles. The Morgan fingerprint density at radius 3 is 1.09 bits per heavy atom. The van der Waals surface area contributed by atoms with E-state index in [1.165, 1.54) is 32.1 Å². The van der Waals surface area contributed by atoms with Crippen molar-refractivity contribution in [3.05, 3.63) is 0 Å². The zero-order valence-corrected chi connectivity index (χ0v) is 8.43. The molecule has 0 radical (unpaired) electrons. The first-order valence-corrected chi connectivity index (χ1v) is 4.31. The van der Waals surface area contributed by atoms with Crippen LogP contribution in [0, 0.1) is 0 Å². The molecule has 0 saturated heterocycles. The van der Waals surface area contributed by atoms with Crippen LogP contribution in [-0.4, -0.2) is 24.4 Å². The average Bonchev–Trinajstić information content (AvgIpc) is 2.13. The van der Waals surface area contributed by atoms with Crippen LogP contribution in [0.25, 0.3) is 0 Å². The predicted molar refractivity (Wildman–Crippen MR) is 50.7 cm³/mol. The smallest absolute Gasteiger partial charge is 0.0319 e. The molecule has 0 amide bonds. The molecule has 2 nitrogen and oxygen atoms in total. The summed E-state index contributed by atoms with van der Waals surface area (Å²) in [4.78, 5) is 0. The lowest BCUT2D eigenvalue weighted by molar-refractivity contribution is 0.399. The number of hydrogen-bond acceptors (Lipinski definition) is 2. The van der Waals surface area contributed by atoms with E-state index in [4.69, 9.17) is 10.2 Å². The fourth-order valence-electron chi connectivity index (χ4n) is 0.677. The summed E-state index contributed by atoms with van der Waals surface area (Å²) in [6.45, 7) is 4.49. The van der Waals surface area contributed by atoms with Gasteiger partial charge in [0.1, 0.15) is 0 Å². The molecule has 0 saturated carbocycles. The molecule has 0 spiro atoms. The average molecular weight is 164 g/mol. The van der Waals surface area contributed by atoms with Gasteiger partial charge in [-0.3, -0.25) is 0 Å². The summed E-state index contributed by atoms with van der Waals surface area (Å²) in [5, 5.41) is 14.0. The highest BCUT2D eigenvalue weighted by Gasteiger charge is 1.80. The van der Waals surface area contributed by atoms with E-state index in [0.717, 1.165) is 14.2 Å². The van der Waals surface area contributed by atoms with E-state index in [-0.39, 0.29) is 0 Å². The van der Waals surface area contributed by atoms with Crippen molar-refractivity contribution in [2.24, 2.45) is 0 Å². The van der Waals surface area contributed by atoms with Crippen LogP contribution in [-0.2, 0) is 0 Å². The molecule has 0 aliphatic rings. The molecular formula is C9H24O2. The lowest BCUT2D eigenvalue weighted by Gasteiger charge is -1.90. The summed E-state index contributed by atoms with van der Waals surface area (Å²) < 4.78 is 0. The Balaban J connectivity index is -0.000000138. The number of hydrogen-bond donors (Lipinski definition) is 2. The summed E-state index contributed by atoms with van der Waals surface area (Å²) in [7, 11) is 2.00. The maximum absolute atomic E-state index is 7.00. The summed E-state index contributed by atoms with van der Waals surface area (Å²) in [5.74, 6) is 0. The van der Waals surface area contributed by atoms with Crippen molar-refractivity contribution in [2.75, 3.05) is 14.2 Å². The van der Waals surface area contributed by atoms with Crippen molar-refractivity contribution in [1.82, 2.24) is 0 Å². The summed E-state index contributed by atoms with van der Waals surface area (Å²) in [6, 6.07) is 0. The number of unbranched alkanes of at least 4 members (excludes halogenated alkanes) is 4. The first-order chi connectivity index (χ1) is 5.41. The molecule has 11 heavy (non-hydrogen) atoms. The zero-order chi connectivity index (χ0) is 9.54. The van der Waals surface area contributed by atoms with Crippen molar-refractivity contribution in [2.45, 2.75) is 46.0 Å². The Hall–Kier alpha value is -0.0800. The van der Waals surface area contributed by atoms with Crippen LogP contribution in [0.1, 0.15) is 46.0 Å². The van der Waals surface area contributed by atoms with Crippen molar-refractivity contribution < 1.29 is 10.2 Å². The van der Waals surface area contributed by atoms with Gasteiger partial charge in [-0.25, -0.2) is 0 Å². The molecule has 72 valence electrons. The predicted octanol–water partition coefficient (Wildman–Crippen LogP) is 2.19. The zero-order valence-electron chi connectivity index (χ0n) is 8.43. The minimum absolute atomic E-state index is 1.00. The van der Waals surface area contributed by atoms with Gasteiger partial charge in [0.2, 0.25) is 0 Å². The molecule has 2 N–H and O–H groups in total. The summed E-state index contributed by atoms with van der Waals surface area (Å²) in [5.41, 5.74) is 0. The third kappa shape index (κ3) is 40.5. The fraction of sp³-hybridized carbons (Fsp3) is 1.00. The van der Waals surface area contributed by atoms with E-state index in [1.807, 2.05) is 0 Å². The minimum Gasteiger partial charge on any atom is -0.400 e. The second-order valence-electron chi connectivity index (χ2n) is 2.06. The van der Waals surface area contributed by atoms with E-state index in [0.29, 0.717) is 0 Å². The first kappa shape index (κ1) is 17.1. The second kappa shape index (κ2) is 32.6. The molecule has 0 aromatic rings. The third-order valence-electron chi connectivity index (χ3n) is 1.21. The minimum atomic E-state index is 1.00. The quantitative estimate of drug-likeness (QED) is 0.625. The molecule has 2 heteroatoms. The van der Waals surface area contributed by atoms with Gasteiger partial charge in [0.05, 0.1) is 0 Å². The maximum Gasteiger partial charge on any atom is 0.0319 e. The third-order valence-corrected chi connectivity index (χ3v) is 1.21. The lowest BCUT2D eigenvalue weighted by atomic mass is 10.2. The Bertz CT molecular complexity index is 26.7.